The lowest BCUT2D eigenvalue weighted by atomic mass is 10.1. The van der Waals surface area contributed by atoms with E-state index in [0.29, 0.717) is 0 Å². The summed E-state index contributed by atoms with van der Waals surface area (Å²) in [4.78, 5) is 20.8. The first-order valence-corrected chi connectivity index (χ1v) is 4.14. The summed E-state index contributed by atoms with van der Waals surface area (Å²) in [6, 6.07) is 5.36. The number of hydrogen-bond donors (Lipinski definition) is 1. The zero-order valence-corrected chi connectivity index (χ0v) is 7.95. The van der Waals surface area contributed by atoms with Crippen molar-refractivity contribution in [3.05, 3.63) is 45.5 Å². The van der Waals surface area contributed by atoms with Crippen molar-refractivity contribution in [2.24, 2.45) is 0 Å². The van der Waals surface area contributed by atoms with Gasteiger partial charge in [-0.25, -0.2) is 4.79 Å². The second kappa shape index (κ2) is 4.70. The van der Waals surface area contributed by atoms with Gasteiger partial charge in [0.25, 0.3) is 5.69 Å². The third-order valence-corrected chi connectivity index (χ3v) is 1.83. The summed E-state index contributed by atoms with van der Waals surface area (Å²) in [6.07, 6.45) is 2.11. The van der Waals surface area contributed by atoms with Crippen LogP contribution < -0.4 is 0 Å². The lowest BCUT2D eigenvalue weighted by Crippen LogP contribution is -2.02. The Bertz CT molecular complexity index is 482. The average Bonchev–Trinajstić information content (AvgIpc) is 2.25. The fraction of sp³-hybridized carbons (Fsp3) is 0. The standard InChI is InChI=1S/C10H6N2O4/c11-6-2-4-7-8(10(13)14)3-1-5-9(7)12(15)16/h1-5H,(H,13,14). The number of aromatic carboxylic acids is 1. The number of carboxylic acid groups (broad SMARTS) is 1. The molecule has 0 amide bonds. The van der Waals surface area contributed by atoms with Gasteiger partial charge in [0.1, 0.15) is 0 Å². The van der Waals surface area contributed by atoms with E-state index in [4.69, 9.17) is 10.4 Å². The summed E-state index contributed by atoms with van der Waals surface area (Å²) in [6.45, 7) is 0. The van der Waals surface area contributed by atoms with Crippen molar-refractivity contribution in [2.45, 2.75) is 0 Å². The molecule has 6 heteroatoms. The van der Waals surface area contributed by atoms with Gasteiger partial charge in [0.05, 0.1) is 22.1 Å². The summed E-state index contributed by atoms with van der Waals surface area (Å²) in [5.41, 5.74) is -0.631. The summed E-state index contributed by atoms with van der Waals surface area (Å²) in [5.74, 6) is -1.28. The maximum Gasteiger partial charge on any atom is 0.336 e. The van der Waals surface area contributed by atoms with Gasteiger partial charge in [-0.1, -0.05) is 6.07 Å². The van der Waals surface area contributed by atoms with E-state index in [1.54, 1.807) is 6.07 Å². The molecule has 0 bridgehead atoms. The molecule has 0 aromatic heterocycles. The summed E-state index contributed by atoms with van der Waals surface area (Å²) < 4.78 is 0. The van der Waals surface area contributed by atoms with Crippen LogP contribution >= 0.6 is 0 Å². The van der Waals surface area contributed by atoms with Gasteiger partial charge in [-0.3, -0.25) is 10.1 Å². The first kappa shape index (κ1) is 11.4. The predicted molar refractivity (Wildman–Crippen MR) is 54.7 cm³/mol. The Morgan fingerprint density at radius 1 is 1.56 bits per heavy atom. The van der Waals surface area contributed by atoms with Crippen molar-refractivity contribution >= 4 is 17.7 Å². The number of benzene rings is 1. The molecular formula is C10H6N2O4. The molecule has 16 heavy (non-hydrogen) atoms. The molecule has 1 N–H and O–H groups in total. The molecule has 0 unspecified atom stereocenters. The highest BCUT2D eigenvalue weighted by molar-refractivity contribution is 5.94. The largest absolute Gasteiger partial charge is 0.478 e. The topological polar surface area (TPSA) is 104 Å². The molecule has 0 saturated heterocycles. The minimum atomic E-state index is -1.28. The van der Waals surface area contributed by atoms with Gasteiger partial charge in [-0.15, -0.1) is 0 Å². The number of hydrogen-bond acceptors (Lipinski definition) is 4. The van der Waals surface area contributed by atoms with Crippen LogP contribution in [0.3, 0.4) is 0 Å². The van der Waals surface area contributed by atoms with E-state index in [1.165, 1.54) is 18.2 Å². The minimum absolute atomic E-state index is 0.0819. The van der Waals surface area contributed by atoms with E-state index in [1.807, 2.05) is 0 Å². The molecular weight excluding hydrogens is 212 g/mol. The molecule has 0 saturated carbocycles. The molecule has 0 radical (unpaired) electrons. The van der Waals surface area contributed by atoms with Crippen molar-refractivity contribution in [1.82, 2.24) is 0 Å². The van der Waals surface area contributed by atoms with Gasteiger partial charge in [0.15, 0.2) is 0 Å². The van der Waals surface area contributed by atoms with Crippen molar-refractivity contribution in [3.8, 4) is 6.07 Å². The molecule has 80 valence electrons. The Morgan fingerprint density at radius 3 is 2.75 bits per heavy atom. The van der Waals surface area contributed by atoms with E-state index >= 15 is 0 Å². The van der Waals surface area contributed by atoms with Crippen molar-refractivity contribution in [2.75, 3.05) is 0 Å². The smallest absolute Gasteiger partial charge is 0.336 e. The van der Waals surface area contributed by atoms with Gasteiger partial charge in [-0.2, -0.15) is 5.26 Å². The van der Waals surface area contributed by atoms with E-state index in [9.17, 15) is 14.9 Å². The van der Waals surface area contributed by atoms with E-state index in [2.05, 4.69) is 0 Å². The summed E-state index contributed by atoms with van der Waals surface area (Å²) >= 11 is 0. The van der Waals surface area contributed by atoms with Gasteiger partial charge in [0, 0.05) is 12.1 Å². The predicted octanol–water partition coefficient (Wildman–Crippen LogP) is 1.83. The minimum Gasteiger partial charge on any atom is -0.478 e. The maximum atomic E-state index is 10.8. The number of nitriles is 1. The van der Waals surface area contributed by atoms with Gasteiger partial charge >= 0.3 is 5.97 Å². The molecule has 1 aromatic rings. The number of nitro benzene ring substituents is 1. The van der Waals surface area contributed by atoms with Gasteiger partial charge < -0.3 is 5.11 Å². The van der Waals surface area contributed by atoms with Gasteiger partial charge in [0.2, 0.25) is 0 Å². The molecule has 0 spiro atoms. The molecule has 1 aromatic carbocycles. The van der Waals surface area contributed by atoms with Crippen LogP contribution in [-0.4, -0.2) is 16.0 Å². The lowest BCUT2D eigenvalue weighted by Gasteiger charge is -2.01. The van der Waals surface area contributed by atoms with Crippen LogP contribution in [0, 0.1) is 21.4 Å². The first-order valence-electron chi connectivity index (χ1n) is 4.14. The monoisotopic (exact) mass is 218 g/mol. The Labute approximate surface area is 90.2 Å². The Kier molecular flexibility index (Phi) is 3.35. The fourth-order valence-electron chi connectivity index (χ4n) is 1.19. The quantitative estimate of drug-likeness (QED) is 0.473. The van der Waals surface area contributed by atoms with Crippen molar-refractivity contribution in [3.63, 3.8) is 0 Å². The first-order chi connectivity index (χ1) is 7.57. The highest BCUT2D eigenvalue weighted by atomic mass is 16.6. The molecule has 0 aliphatic heterocycles. The van der Waals surface area contributed by atoms with Crippen LogP contribution in [0.1, 0.15) is 15.9 Å². The molecule has 0 atom stereocenters. The zero-order valence-electron chi connectivity index (χ0n) is 7.95. The van der Waals surface area contributed by atoms with Crippen LogP contribution in [0.2, 0.25) is 0 Å². The zero-order chi connectivity index (χ0) is 12.1. The van der Waals surface area contributed by atoms with E-state index in [0.717, 1.165) is 12.2 Å². The number of carboxylic acids is 1. The molecule has 0 heterocycles. The molecule has 0 fully saturated rings. The normalized spacial score (nSPS) is 9.94. The SMILES string of the molecule is N#CC=Cc1c(C(=O)O)cccc1[N+](=O)[O-]. The van der Waals surface area contributed by atoms with Crippen LogP contribution in [0.5, 0.6) is 0 Å². The maximum absolute atomic E-state index is 10.8. The van der Waals surface area contributed by atoms with Crippen LogP contribution in [0.4, 0.5) is 5.69 Å². The van der Waals surface area contributed by atoms with Gasteiger partial charge in [-0.05, 0) is 12.1 Å². The fourth-order valence-corrected chi connectivity index (χ4v) is 1.19. The second-order valence-corrected chi connectivity index (χ2v) is 2.76. The van der Waals surface area contributed by atoms with E-state index in [-0.39, 0.29) is 16.8 Å². The van der Waals surface area contributed by atoms with E-state index < -0.39 is 10.9 Å². The average molecular weight is 218 g/mol. The Morgan fingerprint density at radius 2 is 2.25 bits per heavy atom. The Balaban J connectivity index is 3.48. The van der Waals surface area contributed by atoms with Crippen molar-refractivity contribution in [1.29, 1.82) is 5.26 Å². The van der Waals surface area contributed by atoms with Crippen molar-refractivity contribution < 1.29 is 14.8 Å². The highest BCUT2D eigenvalue weighted by Gasteiger charge is 2.18. The third kappa shape index (κ3) is 2.22. The van der Waals surface area contributed by atoms with Crippen LogP contribution in [0.15, 0.2) is 24.3 Å². The number of nitrogens with zero attached hydrogens (tertiary/aromatic N) is 2. The Hall–Kier alpha value is -2.68. The summed E-state index contributed by atoms with van der Waals surface area (Å²) in [5, 5.41) is 27.8. The number of rotatable bonds is 3. The molecule has 0 aliphatic rings. The molecule has 1 rings (SSSR count). The van der Waals surface area contributed by atoms with Crippen LogP contribution in [-0.2, 0) is 0 Å². The third-order valence-electron chi connectivity index (χ3n) is 1.83. The second-order valence-electron chi connectivity index (χ2n) is 2.76. The lowest BCUT2D eigenvalue weighted by molar-refractivity contribution is -0.385. The molecule has 6 nitrogen and oxygen atoms in total. The highest BCUT2D eigenvalue weighted by Crippen LogP contribution is 2.23. The number of carbonyl (C=O) groups is 1. The van der Waals surface area contributed by atoms with Crippen LogP contribution in [0.25, 0.3) is 6.08 Å². The number of allylic oxidation sites excluding steroid dienone is 1. The number of nitro groups is 1. The summed E-state index contributed by atoms with van der Waals surface area (Å²) in [7, 11) is 0. The molecule has 0 aliphatic carbocycles.